The highest BCUT2D eigenvalue weighted by Gasteiger charge is 2.26. The lowest BCUT2D eigenvalue weighted by Crippen LogP contribution is -2.20. The second-order valence-corrected chi connectivity index (χ2v) is 2.71. The molecule has 0 aromatic rings. The van der Waals surface area contributed by atoms with Crippen LogP contribution >= 0.6 is 11.6 Å². The number of hydrogen-bond acceptors (Lipinski definition) is 3. The number of ketones is 1. The Morgan fingerprint density at radius 2 is 2.00 bits per heavy atom. The van der Waals surface area contributed by atoms with E-state index in [1.807, 2.05) is 0 Å². The van der Waals surface area contributed by atoms with Crippen molar-refractivity contribution in [2.75, 3.05) is 6.61 Å². The van der Waals surface area contributed by atoms with Crippen LogP contribution in [-0.2, 0) is 14.3 Å². The van der Waals surface area contributed by atoms with E-state index in [1.165, 1.54) is 0 Å². The molecule has 0 atom stereocenters. The van der Waals surface area contributed by atoms with Gasteiger partial charge in [-0.05, 0) is 18.5 Å². The van der Waals surface area contributed by atoms with E-state index >= 15 is 0 Å². The number of alkyl halides is 3. The fourth-order valence-electron chi connectivity index (χ4n) is 0.417. The number of ether oxygens (including phenoxy) is 1. The molecule has 0 spiro atoms. The summed E-state index contributed by atoms with van der Waals surface area (Å²) in [6.45, 7) is -0.0548. The summed E-state index contributed by atoms with van der Waals surface area (Å²) >= 11 is 4.42. The van der Waals surface area contributed by atoms with Gasteiger partial charge in [-0.25, -0.2) is 0 Å². The lowest BCUT2D eigenvalue weighted by Gasteiger charge is -2.07. The van der Waals surface area contributed by atoms with E-state index in [4.69, 9.17) is 0 Å². The molecule has 0 N–H and O–H groups in total. The van der Waals surface area contributed by atoms with Gasteiger partial charge in [-0.15, -0.1) is 0 Å². The summed E-state index contributed by atoms with van der Waals surface area (Å²) < 4.78 is 27.6. The number of Topliss-reactive ketones (excluding diaryl/α,β-unsaturated/α-hetero) is 1. The maximum absolute atomic E-state index is 11.8. The van der Waals surface area contributed by atoms with Gasteiger partial charge in [0.2, 0.25) is 0 Å². The molecule has 0 rings (SSSR count). The third-order valence-electron chi connectivity index (χ3n) is 0.790. The van der Waals surface area contributed by atoms with E-state index in [0.29, 0.717) is 0 Å². The lowest BCUT2D eigenvalue weighted by atomic mass is 10.3. The molecule has 12 heavy (non-hydrogen) atoms. The van der Waals surface area contributed by atoms with Crippen LogP contribution in [0.4, 0.5) is 8.78 Å². The van der Waals surface area contributed by atoms with Crippen molar-refractivity contribution < 1.29 is 23.1 Å². The van der Waals surface area contributed by atoms with Gasteiger partial charge in [-0.1, -0.05) is 0 Å². The van der Waals surface area contributed by atoms with Crippen molar-refractivity contribution >= 4 is 23.4 Å². The second kappa shape index (κ2) is 4.35. The van der Waals surface area contributed by atoms with Crippen molar-refractivity contribution in [3.8, 4) is 0 Å². The largest absolute Gasteiger partial charge is 0.457 e. The van der Waals surface area contributed by atoms with E-state index in [1.54, 1.807) is 0 Å². The van der Waals surface area contributed by atoms with Gasteiger partial charge >= 0.3 is 11.4 Å². The molecule has 0 bridgehead atoms. The van der Waals surface area contributed by atoms with Gasteiger partial charge in [-0.2, -0.15) is 8.78 Å². The fourth-order valence-corrected chi connectivity index (χ4v) is 0.471. The number of halogens is 3. The van der Waals surface area contributed by atoms with Crippen LogP contribution in [0.3, 0.4) is 0 Å². The van der Waals surface area contributed by atoms with Crippen LogP contribution in [0.5, 0.6) is 0 Å². The number of carbonyl (C=O) groups is 2. The zero-order chi connectivity index (χ0) is 9.78. The van der Waals surface area contributed by atoms with Gasteiger partial charge in [0.15, 0.2) is 6.61 Å². The average Bonchev–Trinajstić information content (AvgIpc) is 1.80. The van der Waals surface area contributed by atoms with Gasteiger partial charge in [0.05, 0.1) is 0 Å². The molecule has 6 heteroatoms. The predicted molar refractivity (Wildman–Crippen MR) is 37.1 cm³/mol. The van der Waals surface area contributed by atoms with E-state index < -0.39 is 30.2 Å². The molecule has 0 aliphatic heterocycles. The maximum Gasteiger partial charge on any atom is 0.355 e. The van der Waals surface area contributed by atoms with Crippen LogP contribution in [0, 0.1) is 0 Å². The van der Waals surface area contributed by atoms with Crippen molar-refractivity contribution in [2.24, 2.45) is 0 Å². The zero-order valence-electron chi connectivity index (χ0n) is 6.27. The second-order valence-electron chi connectivity index (χ2n) is 2.15. The molecule has 0 aromatic heterocycles. The van der Waals surface area contributed by atoms with Crippen molar-refractivity contribution in [1.29, 1.82) is 0 Å². The van der Waals surface area contributed by atoms with Crippen LogP contribution in [0.25, 0.3) is 0 Å². The van der Waals surface area contributed by atoms with E-state index in [0.717, 1.165) is 6.92 Å². The third-order valence-corrected chi connectivity index (χ3v) is 0.899. The summed E-state index contributed by atoms with van der Waals surface area (Å²) in [5.74, 6) is -1.44. The summed E-state index contributed by atoms with van der Waals surface area (Å²) in [7, 11) is 0. The first-order valence-corrected chi connectivity index (χ1v) is 3.41. The minimum Gasteiger partial charge on any atom is -0.457 e. The van der Waals surface area contributed by atoms with Crippen molar-refractivity contribution in [3.63, 3.8) is 0 Å². The average molecular weight is 201 g/mol. The van der Waals surface area contributed by atoms with Gasteiger partial charge in [0.1, 0.15) is 12.2 Å². The number of esters is 1. The van der Waals surface area contributed by atoms with E-state index in [-0.39, 0.29) is 0 Å². The summed E-state index contributed by atoms with van der Waals surface area (Å²) in [6, 6.07) is 0. The summed E-state index contributed by atoms with van der Waals surface area (Å²) in [6.07, 6.45) is -0.507. The van der Waals surface area contributed by atoms with Crippen LogP contribution in [0.15, 0.2) is 0 Å². The lowest BCUT2D eigenvalue weighted by molar-refractivity contribution is -0.151. The Bertz CT molecular complexity index is 188. The Kier molecular flexibility index (Phi) is 4.09. The van der Waals surface area contributed by atoms with Crippen LogP contribution in [0.2, 0.25) is 0 Å². The highest BCUT2D eigenvalue weighted by atomic mass is 35.5. The normalized spacial score (nSPS) is 11.0. The molecule has 0 amide bonds. The van der Waals surface area contributed by atoms with E-state index in [2.05, 4.69) is 16.3 Å². The predicted octanol–water partition coefficient (Wildman–Crippen LogP) is 1.34. The molecular weight excluding hydrogens is 194 g/mol. The monoisotopic (exact) mass is 200 g/mol. The highest BCUT2D eigenvalue weighted by molar-refractivity contribution is 6.21. The first-order valence-electron chi connectivity index (χ1n) is 3.03. The van der Waals surface area contributed by atoms with Gasteiger partial charge < -0.3 is 4.74 Å². The molecule has 3 nitrogen and oxygen atoms in total. The minimum absolute atomic E-state index is 0.446. The Morgan fingerprint density at radius 1 is 1.50 bits per heavy atom. The van der Waals surface area contributed by atoms with Crippen LogP contribution in [0.1, 0.15) is 13.3 Å². The quantitative estimate of drug-likeness (QED) is 0.391. The van der Waals surface area contributed by atoms with Crippen molar-refractivity contribution in [2.45, 2.75) is 18.7 Å². The van der Waals surface area contributed by atoms with Gasteiger partial charge in [0, 0.05) is 0 Å². The Labute approximate surface area is 72.6 Å². The number of hydrogen-bond donors (Lipinski definition) is 0. The molecule has 0 aromatic carbocycles. The molecule has 0 aliphatic carbocycles. The van der Waals surface area contributed by atoms with Crippen LogP contribution in [-0.4, -0.2) is 23.7 Å². The summed E-state index contributed by atoms with van der Waals surface area (Å²) in [5.41, 5.74) is 0. The van der Waals surface area contributed by atoms with E-state index in [9.17, 15) is 18.4 Å². The van der Waals surface area contributed by atoms with Crippen LogP contribution < -0.4 is 0 Å². The van der Waals surface area contributed by atoms with Crippen molar-refractivity contribution in [3.05, 3.63) is 0 Å². The number of carbonyl (C=O) groups excluding carboxylic acids is 2. The molecule has 0 fully saturated rings. The minimum atomic E-state index is -3.56. The molecule has 0 saturated carbocycles. The van der Waals surface area contributed by atoms with Gasteiger partial charge in [-0.3, -0.25) is 9.59 Å². The molecule has 0 radical (unpaired) electrons. The molecule has 0 heterocycles. The molecule has 70 valence electrons. The summed E-state index contributed by atoms with van der Waals surface area (Å²) in [5, 5.41) is -3.56. The standard InChI is InChI=1S/C6H7ClF2O3/c1-4(10)2-5(11)12-3-6(7,8)9/h2-3H2,1H3. The first kappa shape index (κ1) is 11.3. The SMILES string of the molecule is CC(=O)CC(=O)OCC(F)(F)Cl. The molecule has 0 saturated heterocycles. The Hall–Kier alpha value is -0.710. The molecular formula is C6H7ClF2O3. The first-order chi connectivity index (χ1) is 5.31. The van der Waals surface area contributed by atoms with Crippen molar-refractivity contribution in [1.82, 2.24) is 0 Å². The zero-order valence-corrected chi connectivity index (χ0v) is 7.03. The van der Waals surface area contributed by atoms with Gasteiger partial charge in [0.25, 0.3) is 0 Å². The highest BCUT2D eigenvalue weighted by Crippen LogP contribution is 2.18. The maximum atomic E-state index is 11.8. The number of rotatable bonds is 4. The molecule has 0 unspecified atom stereocenters. The smallest absolute Gasteiger partial charge is 0.355 e. The topological polar surface area (TPSA) is 43.4 Å². The molecule has 0 aliphatic rings. The third kappa shape index (κ3) is 7.40. The summed E-state index contributed by atoms with van der Waals surface area (Å²) in [4.78, 5) is 20.7. The fraction of sp³-hybridized carbons (Fsp3) is 0.667. The Balaban J connectivity index is 3.65. The Morgan fingerprint density at radius 3 is 2.33 bits per heavy atom.